The van der Waals surface area contributed by atoms with Gasteiger partial charge in [-0.1, -0.05) is 36.4 Å². The molecule has 4 aromatic rings. The van der Waals surface area contributed by atoms with Gasteiger partial charge in [0.1, 0.15) is 11.5 Å². The van der Waals surface area contributed by atoms with Crippen LogP contribution >= 0.6 is 0 Å². The molecule has 158 valence electrons. The molecular formula is C26H27N3O2. The van der Waals surface area contributed by atoms with Crippen LogP contribution in [0.3, 0.4) is 0 Å². The highest BCUT2D eigenvalue weighted by Gasteiger charge is 2.25. The molecule has 0 amide bonds. The van der Waals surface area contributed by atoms with Gasteiger partial charge >= 0.3 is 0 Å². The van der Waals surface area contributed by atoms with Crippen molar-refractivity contribution in [2.45, 2.75) is 25.3 Å². The summed E-state index contributed by atoms with van der Waals surface area (Å²) in [5, 5.41) is 20.4. The van der Waals surface area contributed by atoms with E-state index in [2.05, 4.69) is 57.6 Å². The fraction of sp³-hybridized carbons (Fsp3) is 0.269. The van der Waals surface area contributed by atoms with Gasteiger partial charge in [0.25, 0.3) is 0 Å². The second-order valence-electron chi connectivity index (χ2n) is 8.30. The second-order valence-corrected chi connectivity index (χ2v) is 8.30. The maximum Gasteiger partial charge on any atom is 0.120 e. The average molecular weight is 414 g/mol. The van der Waals surface area contributed by atoms with Crippen molar-refractivity contribution in [3.63, 3.8) is 0 Å². The van der Waals surface area contributed by atoms with Gasteiger partial charge in [0.05, 0.1) is 13.3 Å². The van der Waals surface area contributed by atoms with Crippen molar-refractivity contribution in [1.29, 1.82) is 0 Å². The Kier molecular flexibility index (Phi) is 5.35. The summed E-state index contributed by atoms with van der Waals surface area (Å²) >= 11 is 0. The van der Waals surface area contributed by atoms with E-state index in [1.165, 1.54) is 27.6 Å². The molecule has 0 radical (unpaired) electrons. The number of hydrogen-bond acceptors (Lipinski definition) is 4. The van der Waals surface area contributed by atoms with E-state index in [1.807, 2.05) is 12.3 Å². The Morgan fingerprint density at radius 2 is 1.84 bits per heavy atom. The van der Waals surface area contributed by atoms with Crippen LogP contribution in [0.25, 0.3) is 21.9 Å². The number of phenols is 1. The van der Waals surface area contributed by atoms with Gasteiger partial charge in [0, 0.05) is 29.3 Å². The molecule has 1 aliphatic rings. The molecule has 0 atom stereocenters. The summed E-state index contributed by atoms with van der Waals surface area (Å²) in [6.45, 7) is 2.70. The van der Waals surface area contributed by atoms with Gasteiger partial charge in [0.2, 0.25) is 0 Å². The third-order valence-corrected chi connectivity index (χ3v) is 6.41. The first-order valence-corrected chi connectivity index (χ1v) is 10.8. The van der Waals surface area contributed by atoms with Gasteiger partial charge in [-0.25, -0.2) is 0 Å². The number of benzene rings is 3. The number of fused-ring (bicyclic) bond motifs is 1. The van der Waals surface area contributed by atoms with Crippen molar-refractivity contribution in [1.82, 2.24) is 15.1 Å². The number of piperidine rings is 1. The summed E-state index contributed by atoms with van der Waals surface area (Å²) in [5.74, 6) is 1.56. The van der Waals surface area contributed by atoms with Crippen molar-refractivity contribution in [2.24, 2.45) is 0 Å². The van der Waals surface area contributed by atoms with E-state index in [0.29, 0.717) is 11.7 Å². The monoisotopic (exact) mass is 413 g/mol. The molecule has 3 aromatic carbocycles. The van der Waals surface area contributed by atoms with E-state index in [4.69, 9.17) is 4.74 Å². The minimum Gasteiger partial charge on any atom is -0.508 e. The summed E-state index contributed by atoms with van der Waals surface area (Å²) in [4.78, 5) is 2.40. The summed E-state index contributed by atoms with van der Waals surface area (Å²) in [6.07, 6.45) is 4.08. The Morgan fingerprint density at radius 3 is 2.65 bits per heavy atom. The lowest BCUT2D eigenvalue weighted by Gasteiger charge is -2.32. The molecule has 0 unspecified atom stereocenters. The molecule has 5 nitrogen and oxygen atoms in total. The van der Waals surface area contributed by atoms with E-state index < -0.39 is 0 Å². The molecule has 0 spiro atoms. The van der Waals surface area contributed by atoms with Crippen LogP contribution in [-0.2, 0) is 6.54 Å². The molecule has 1 fully saturated rings. The molecule has 2 N–H and O–H groups in total. The van der Waals surface area contributed by atoms with Crippen molar-refractivity contribution in [3.05, 3.63) is 78.1 Å². The minimum absolute atomic E-state index is 0.329. The lowest BCUT2D eigenvalue weighted by Crippen LogP contribution is -2.32. The molecule has 1 aromatic heterocycles. The van der Waals surface area contributed by atoms with Crippen molar-refractivity contribution in [2.75, 3.05) is 20.2 Å². The highest BCUT2D eigenvalue weighted by atomic mass is 16.5. The number of hydrogen-bond donors (Lipinski definition) is 2. The van der Waals surface area contributed by atoms with Crippen LogP contribution in [0.1, 0.15) is 30.0 Å². The molecule has 0 bridgehead atoms. The van der Waals surface area contributed by atoms with Gasteiger partial charge in [-0.3, -0.25) is 10.00 Å². The molecule has 1 saturated heterocycles. The van der Waals surface area contributed by atoms with E-state index in [-0.39, 0.29) is 0 Å². The quantitative estimate of drug-likeness (QED) is 0.465. The van der Waals surface area contributed by atoms with E-state index >= 15 is 0 Å². The predicted octanol–water partition coefficient (Wildman–Crippen LogP) is 5.32. The van der Waals surface area contributed by atoms with Gasteiger partial charge in [-0.05, 0) is 66.5 Å². The smallest absolute Gasteiger partial charge is 0.120 e. The van der Waals surface area contributed by atoms with E-state index in [9.17, 15) is 5.11 Å². The molecular weight excluding hydrogens is 386 g/mol. The van der Waals surface area contributed by atoms with Crippen LogP contribution in [-0.4, -0.2) is 40.4 Å². The molecule has 2 heterocycles. The summed E-state index contributed by atoms with van der Waals surface area (Å²) in [7, 11) is 1.65. The number of methoxy groups -OCH3 is 1. The van der Waals surface area contributed by atoms with Gasteiger partial charge in [-0.15, -0.1) is 0 Å². The predicted molar refractivity (Wildman–Crippen MR) is 123 cm³/mol. The number of phenolic OH excluding ortho intramolecular Hbond substituents is 1. The zero-order valence-electron chi connectivity index (χ0n) is 17.7. The van der Waals surface area contributed by atoms with Crippen molar-refractivity contribution >= 4 is 10.8 Å². The molecule has 0 aliphatic carbocycles. The maximum absolute atomic E-state index is 10.2. The Balaban J connectivity index is 1.30. The number of likely N-dealkylation sites (tertiary alicyclic amines) is 1. The summed E-state index contributed by atoms with van der Waals surface area (Å²) < 4.78 is 5.31. The number of aromatic amines is 1. The van der Waals surface area contributed by atoms with E-state index in [1.54, 1.807) is 19.2 Å². The fourth-order valence-corrected chi connectivity index (χ4v) is 4.63. The first kappa shape index (κ1) is 19.6. The number of nitrogens with zero attached hydrogens (tertiary/aromatic N) is 2. The van der Waals surface area contributed by atoms with Crippen LogP contribution in [0.15, 0.2) is 66.9 Å². The number of H-pyrrole nitrogens is 1. The maximum atomic E-state index is 10.2. The lowest BCUT2D eigenvalue weighted by atomic mass is 9.89. The molecule has 5 rings (SSSR count). The Bertz CT molecular complexity index is 1190. The number of aromatic nitrogens is 2. The SMILES string of the molecule is COc1ccc(O)c(CN2CCC(c3[nH]ncc3-c3ccc4ccccc4c3)CC2)c1. The Morgan fingerprint density at radius 1 is 1.03 bits per heavy atom. The van der Waals surface area contributed by atoms with Crippen LogP contribution in [0.5, 0.6) is 11.5 Å². The van der Waals surface area contributed by atoms with Crippen molar-refractivity contribution < 1.29 is 9.84 Å². The first-order chi connectivity index (χ1) is 15.2. The lowest BCUT2D eigenvalue weighted by molar-refractivity contribution is 0.201. The largest absolute Gasteiger partial charge is 0.508 e. The van der Waals surface area contributed by atoms with Crippen LogP contribution in [0.2, 0.25) is 0 Å². The average Bonchev–Trinajstić information content (AvgIpc) is 3.31. The molecule has 31 heavy (non-hydrogen) atoms. The van der Waals surface area contributed by atoms with E-state index in [0.717, 1.165) is 43.8 Å². The Hall–Kier alpha value is -3.31. The number of nitrogens with one attached hydrogen (secondary N) is 1. The molecule has 1 aliphatic heterocycles. The second kappa shape index (κ2) is 8.44. The standard InChI is InChI=1S/C26H27N3O2/c1-31-23-8-9-25(30)22(15-23)17-29-12-10-19(11-13-29)26-24(16-27-28-26)21-7-6-18-4-2-3-5-20(18)14-21/h2-9,14-16,19,30H,10-13,17H2,1H3,(H,27,28). The summed E-state index contributed by atoms with van der Waals surface area (Å²) in [6, 6.07) is 20.5. The van der Waals surface area contributed by atoms with Gasteiger partial charge < -0.3 is 9.84 Å². The third-order valence-electron chi connectivity index (χ3n) is 6.41. The van der Waals surface area contributed by atoms with Gasteiger partial charge in [0.15, 0.2) is 0 Å². The van der Waals surface area contributed by atoms with Crippen LogP contribution < -0.4 is 4.74 Å². The third kappa shape index (κ3) is 4.01. The normalized spacial score (nSPS) is 15.4. The first-order valence-electron chi connectivity index (χ1n) is 10.8. The van der Waals surface area contributed by atoms with Crippen LogP contribution in [0, 0.1) is 0 Å². The zero-order chi connectivity index (χ0) is 21.2. The highest BCUT2D eigenvalue weighted by Crippen LogP contribution is 2.35. The summed E-state index contributed by atoms with van der Waals surface area (Å²) in [5.41, 5.74) is 4.57. The topological polar surface area (TPSA) is 61.4 Å². The Labute approximate surface area is 182 Å². The van der Waals surface area contributed by atoms with Crippen molar-refractivity contribution in [3.8, 4) is 22.6 Å². The van der Waals surface area contributed by atoms with Crippen LogP contribution in [0.4, 0.5) is 0 Å². The van der Waals surface area contributed by atoms with Gasteiger partial charge in [-0.2, -0.15) is 5.10 Å². The number of aromatic hydroxyl groups is 1. The molecule has 0 saturated carbocycles. The minimum atomic E-state index is 0.329. The number of rotatable bonds is 5. The zero-order valence-corrected chi connectivity index (χ0v) is 17.7. The number of ether oxygens (including phenoxy) is 1. The molecule has 5 heteroatoms. The fourth-order valence-electron chi connectivity index (χ4n) is 4.63. The highest BCUT2D eigenvalue weighted by molar-refractivity contribution is 5.87.